The van der Waals surface area contributed by atoms with Crippen molar-refractivity contribution in [1.82, 2.24) is 0 Å². The summed E-state index contributed by atoms with van der Waals surface area (Å²) in [6.07, 6.45) is 9.28. The molecule has 106 valence electrons. The van der Waals surface area contributed by atoms with Crippen LogP contribution in [0.5, 0.6) is 0 Å². The van der Waals surface area contributed by atoms with Crippen molar-refractivity contribution in [3.05, 3.63) is 35.6 Å². The van der Waals surface area contributed by atoms with Crippen LogP contribution in [0.15, 0.2) is 35.6 Å². The Balaban J connectivity index is 3.41. The highest BCUT2D eigenvalue weighted by molar-refractivity contribution is 7.06. The molecule has 0 atom stereocenters. The van der Waals surface area contributed by atoms with Gasteiger partial charge >= 0.3 is 0 Å². The summed E-state index contributed by atoms with van der Waals surface area (Å²) < 4.78 is 0. The molecule has 0 radical (unpaired) electrons. The van der Waals surface area contributed by atoms with E-state index < -0.39 is 16.1 Å². The molecule has 1 rings (SSSR count). The van der Waals surface area contributed by atoms with Crippen LogP contribution >= 0.6 is 0 Å². The largest absolute Gasteiger partial charge is 0.173 e. The minimum absolute atomic E-state index is 0.742. The van der Waals surface area contributed by atoms with Crippen molar-refractivity contribution in [2.45, 2.75) is 64.3 Å². The predicted octanol–water partition coefficient (Wildman–Crippen LogP) is 5.61. The van der Waals surface area contributed by atoms with Crippen molar-refractivity contribution in [3.8, 4) is 0 Å². The zero-order valence-electron chi connectivity index (χ0n) is 13.7. The molecule has 0 bridgehead atoms. The van der Waals surface area contributed by atoms with Gasteiger partial charge in [-0.05, 0) is 6.42 Å². The summed E-state index contributed by atoms with van der Waals surface area (Å²) in [5, 5.41) is 0. The van der Waals surface area contributed by atoms with Crippen LogP contribution in [0, 0.1) is 0 Å². The molecule has 1 aliphatic heterocycles. The molecular formula is C16H31BSi2. The van der Waals surface area contributed by atoms with Crippen molar-refractivity contribution >= 4 is 22.9 Å². The molecule has 1 aliphatic rings. The topological polar surface area (TPSA) is 0 Å². The van der Waals surface area contributed by atoms with E-state index in [0.29, 0.717) is 0 Å². The van der Waals surface area contributed by atoms with Crippen LogP contribution in [0.25, 0.3) is 0 Å². The Morgan fingerprint density at radius 1 is 1.21 bits per heavy atom. The molecule has 0 aliphatic carbocycles. The van der Waals surface area contributed by atoms with Crippen LogP contribution in [-0.4, -0.2) is 22.9 Å². The molecule has 3 heteroatoms. The summed E-state index contributed by atoms with van der Waals surface area (Å²) in [6, 6.07) is 1.47. The first-order chi connectivity index (χ1) is 8.74. The molecular weight excluding hydrogens is 259 g/mol. The second-order valence-corrected chi connectivity index (χ2v) is 17.9. The van der Waals surface area contributed by atoms with Crippen molar-refractivity contribution in [3.63, 3.8) is 0 Å². The summed E-state index contributed by atoms with van der Waals surface area (Å²) in [4.78, 5) is 1.95. The van der Waals surface area contributed by atoms with E-state index in [9.17, 15) is 0 Å². The molecule has 0 saturated carbocycles. The molecule has 0 nitrogen and oxygen atoms in total. The second kappa shape index (κ2) is 6.45. The molecule has 0 spiro atoms. The van der Waals surface area contributed by atoms with Crippen LogP contribution in [0.3, 0.4) is 0 Å². The van der Waals surface area contributed by atoms with Gasteiger partial charge in [0.1, 0.15) is 0 Å². The van der Waals surface area contributed by atoms with Crippen molar-refractivity contribution in [1.29, 1.82) is 0 Å². The van der Waals surface area contributed by atoms with E-state index in [2.05, 4.69) is 58.0 Å². The van der Waals surface area contributed by atoms with Crippen LogP contribution in [0.2, 0.25) is 51.4 Å². The van der Waals surface area contributed by atoms with E-state index in [1.165, 1.54) is 18.8 Å². The van der Waals surface area contributed by atoms with Crippen molar-refractivity contribution < 1.29 is 0 Å². The Bertz CT molecular complexity index is 375. The van der Waals surface area contributed by atoms with E-state index in [4.69, 9.17) is 0 Å². The van der Waals surface area contributed by atoms with Crippen LogP contribution < -0.4 is 0 Å². The summed E-state index contributed by atoms with van der Waals surface area (Å²) >= 11 is 0. The number of hydrogen-bond donors (Lipinski definition) is 0. The van der Waals surface area contributed by atoms with Gasteiger partial charge in [-0.15, -0.1) is 18.6 Å². The normalized spacial score (nSPS) is 20.2. The smallest absolute Gasteiger partial charge is 0.105 e. The standard InChI is InChI=1S/C16H31BSi2/c1-8-11-15-16(18(3,4)5)19(6,7)14-10-13-17(15)12-9-2/h8-9H,1-2,10-14H2,3-7H3. The van der Waals surface area contributed by atoms with Gasteiger partial charge in [-0.2, -0.15) is 0 Å². The second-order valence-electron chi connectivity index (χ2n) is 7.64. The van der Waals surface area contributed by atoms with Crippen molar-refractivity contribution in [2.75, 3.05) is 0 Å². The van der Waals surface area contributed by atoms with Gasteiger partial charge in [0.25, 0.3) is 0 Å². The lowest BCUT2D eigenvalue weighted by Crippen LogP contribution is -2.43. The molecule has 1 heterocycles. The maximum absolute atomic E-state index is 4.02. The summed E-state index contributed by atoms with van der Waals surface area (Å²) in [5.41, 5.74) is 1.77. The zero-order chi connectivity index (χ0) is 14.7. The van der Waals surface area contributed by atoms with Gasteiger partial charge in [-0.3, -0.25) is 0 Å². The molecule has 0 N–H and O–H groups in total. The number of rotatable bonds is 5. The van der Waals surface area contributed by atoms with Gasteiger partial charge in [-0.1, -0.05) is 74.8 Å². The molecule has 0 aromatic carbocycles. The zero-order valence-corrected chi connectivity index (χ0v) is 15.7. The predicted molar refractivity (Wildman–Crippen MR) is 97.7 cm³/mol. The Hall–Kier alpha value is -0.281. The average molecular weight is 290 g/mol. The average Bonchev–Trinajstić information content (AvgIpc) is 2.36. The lowest BCUT2D eigenvalue weighted by molar-refractivity contribution is 1.03. The van der Waals surface area contributed by atoms with Gasteiger partial charge in [-0.25, -0.2) is 0 Å². The van der Waals surface area contributed by atoms with E-state index in [1.54, 1.807) is 5.47 Å². The minimum atomic E-state index is -1.24. The van der Waals surface area contributed by atoms with Gasteiger partial charge in [0, 0.05) is 0 Å². The molecule has 0 aromatic heterocycles. The molecule has 0 aromatic rings. The summed E-state index contributed by atoms with van der Waals surface area (Å²) in [5.74, 6) is 0. The molecule has 19 heavy (non-hydrogen) atoms. The molecule has 0 amide bonds. The maximum atomic E-state index is 4.02. The van der Waals surface area contributed by atoms with Crippen molar-refractivity contribution in [2.24, 2.45) is 0 Å². The highest BCUT2D eigenvalue weighted by Gasteiger charge is 2.40. The fourth-order valence-corrected chi connectivity index (χ4v) is 16.4. The molecule has 0 unspecified atom stereocenters. The van der Waals surface area contributed by atoms with Crippen LogP contribution in [0.4, 0.5) is 0 Å². The Morgan fingerprint density at radius 3 is 2.32 bits per heavy atom. The van der Waals surface area contributed by atoms with E-state index in [1.807, 2.05) is 4.82 Å². The lowest BCUT2D eigenvalue weighted by atomic mass is 9.39. The maximum Gasteiger partial charge on any atom is 0.173 e. The minimum Gasteiger partial charge on any atom is -0.105 e. The third-order valence-corrected chi connectivity index (χ3v) is 13.8. The number of hydrogen-bond acceptors (Lipinski definition) is 0. The quantitative estimate of drug-likeness (QED) is 0.456. The fourth-order valence-electron chi connectivity index (χ4n) is 4.11. The Labute approximate surface area is 123 Å². The van der Waals surface area contributed by atoms with Crippen LogP contribution in [0.1, 0.15) is 12.8 Å². The molecule has 0 saturated heterocycles. The third kappa shape index (κ3) is 4.09. The Kier molecular flexibility index (Phi) is 5.69. The highest BCUT2D eigenvalue weighted by Crippen LogP contribution is 2.39. The lowest BCUT2D eigenvalue weighted by Gasteiger charge is -2.36. The van der Waals surface area contributed by atoms with Gasteiger partial charge < -0.3 is 0 Å². The van der Waals surface area contributed by atoms with E-state index in [-0.39, 0.29) is 0 Å². The first-order valence-corrected chi connectivity index (χ1v) is 14.4. The van der Waals surface area contributed by atoms with E-state index in [0.717, 1.165) is 19.5 Å². The van der Waals surface area contributed by atoms with Gasteiger partial charge in [0.2, 0.25) is 0 Å². The van der Waals surface area contributed by atoms with Gasteiger partial charge in [0.15, 0.2) is 6.71 Å². The molecule has 0 fully saturated rings. The first-order valence-electron chi connectivity index (χ1n) is 7.70. The third-order valence-electron chi connectivity index (χ3n) is 4.41. The van der Waals surface area contributed by atoms with E-state index >= 15 is 0 Å². The summed E-state index contributed by atoms with van der Waals surface area (Å²) in [7, 11) is -2.45. The monoisotopic (exact) mass is 290 g/mol. The highest BCUT2D eigenvalue weighted by atomic mass is 28.4. The van der Waals surface area contributed by atoms with Gasteiger partial charge in [0.05, 0.1) is 16.1 Å². The Morgan fingerprint density at radius 2 is 1.84 bits per heavy atom. The fraction of sp³-hybridized carbons (Fsp3) is 0.625. The first kappa shape index (κ1) is 16.8. The SMILES string of the molecule is C=CCB1CCC[Si](C)(C)C([Si](C)(C)C)=C1CC=C. The number of allylic oxidation sites excluding steroid dienone is 3. The van der Waals surface area contributed by atoms with Crippen LogP contribution in [-0.2, 0) is 0 Å². The summed E-state index contributed by atoms with van der Waals surface area (Å²) in [6.45, 7) is 21.5.